The van der Waals surface area contributed by atoms with Gasteiger partial charge < -0.3 is 9.64 Å². The van der Waals surface area contributed by atoms with Crippen LogP contribution in [0, 0.1) is 24.1 Å². The molecule has 0 aliphatic carbocycles. The van der Waals surface area contributed by atoms with Crippen molar-refractivity contribution in [3.05, 3.63) is 35.6 Å². The minimum Gasteiger partial charge on any atom is -0.369 e. The Hall–Kier alpha value is -1.86. The predicted molar refractivity (Wildman–Crippen MR) is 74.7 cm³/mol. The molecule has 4 heteroatoms. The zero-order chi connectivity index (χ0) is 14.4. The van der Waals surface area contributed by atoms with Crippen molar-refractivity contribution in [3.8, 4) is 12.3 Å². The van der Waals surface area contributed by atoms with Crippen LogP contribution in [0.2, 0.25) is 0 Å². The van der Waals surface area contributed by atoms with Gasteiger partial charge in [0, 0.05) is 13.1 Å². The Bertz CT molecular complexity index is 501. The second-order valence-electron chi connectivity index (χ2n) is 4.93. The summed E-state index contributed by atoms with van der Waals surface area (Å²) in [6.45, 7) is 2.23. The van der Waals surface area contributed by atoms with Gasteiger partial charge in [0.15, 0.2) is 0 Å². The first-order chi connectivity index (χ1) is 9.72. The molecule has 0 aromatic heterocycles. The van der Waals surface area contributed by atoms with Gasteiger partial charge in [0.05, 0.1) is 12.2 Å². The number of hydrogen-bond acceptors (Lipinski definition) is 2. The Morgan fingerprint density at radius 1 is 1.40 bits per heavy atom. The van der Waals surface area contributed by atoms with Gasteiger partial charge in [-0.15, -0.1) is 6.42 Å². The highest BCUT2D eigenvalue weighted by molar-refractivity contribution is 5.94. The van der Waals surface area contributed by atoms with Crippen LogP contribution in [0.5, 0.6) is 0 Å². The molecule has 0 unspecified atom stereocenters. The molecule has 0 spiro atoms. The summed E-state index contributed by atoms with van der Waals surface area (Å²) in [6, 6.07) is 6.10. The zero-order valence-corrected chi connectivity index (χ0v) is 11.3. The third kappa shape index (κ3) is 3.58. The molecule has 20 heavy (non-hydrogen) atoms. The standard InChI is InChI=1S/C16H18FNO2/c1-2-11-20-12-13-7-9-18(10-8-13)16(19)14-5-3-4-6-15(14)17/h1,3-6,13H,7-12H2. The van der Waals surface area contributed by atoms with E-state index in [0.29, 0.717) is 32.2 Å². The van der Waals surface area contributed by atoms with E-state index in [0.717, 1.165) is 12.8 Å². The van der Waals surface area contributed by atoms with E-state index < -0.39 is 5.82 Å². The van der Waals surface area contributed by atoms with Crippen molar-refractivity contribution in [2.75, 3.05) is 26.3 Å². The lowest BCUT2D eigenvalue weighted by Gasteiger charge is -2.31. The number of amides is 1. The molecule has 3 nitrogen and oxygen atoms in total. The number of rotatable bonds is 4. The van der Waals surface area contributed by atoms with Gasteiger partial charge in [-0.05, 0) is 30.9 Å². The van der Waals surface area contributed by atoms with E-state index >= 15 is 0 Å². The third-order valence-corrected chi connectivity index (χ3v) is 3.54. The monoisotopic (exact) mass is 275 g/mol. The first-order valence-electron chi connectivity index (χ1n) is 6.77. The molecular weight excluding hydrogens is 257 g/mol. The second kappa shape index (κ2) is 7.06. The van der Waals surface area contributed by atoms with Gasteiger partial charge in [-0.3, -0.25) is 4.79 Å². The number of benzene rings is 1. The minimum absolute atomic E-state index is 0.148. The number of ether oxygens (including phenoxy) is 1. The van der Waals surface area contributed by atoms with Gasteiger partial charge in [-0.1, -0.05) is 18.1 Å². The van der Waals surface area contributed by atoms with Crippen LogP contribution in [0.3, 0.4) is 0 Å². The molecule has 1 aliphatic rings. The average Bonchev–Trinajstić information content (AvgIpc) is 2.48. The quantitative estimate of drug-likeness (QED) is 0.623. The Labute approximate surface area is 118 Å². The topological polar surface area (TPSA) is 29.5 Å². The molecule has 1 aromatic rings. The average molecular weight is 275 g/mol. The summed E-state index contributed by atoms with van der Waals surface area (Å²) in [5, 5.41) is 0. The summed E-state index contributed by atoms with van der Waals surface area (Å²) in [6.07, 6.45) is 6.85. The molecule has 1 aromatic carbocycles. The summed E-state index contributed by atoms with van der Waals surface area (Å²) in [4.78, 5) is 13.9. The highest BCUT2D eigenvalue weighted by Crippen LogP contribution is 2.20. The smallest absolute Gasteiger partial charge is 0.256 e. The van der Waals surface area contributed by atoms with Crippen molar-refractivity contribution in [1.82, 2.24) is 4.90 Å². The van der Waals surface area contributed by atoms with Crippen molar-refractivity contribution in [2.24, 2.45) is 5.92 Å². The molecule has 106 valence electrons. The number of likely N-dealkylation sites (tertiary alicyclic amines) is 1. The number of hydrogen-bond donors (Lipinski definition) is 0. The lowest BCUT2D eigenvalue weighted by atomic mass is 9.97. The maximum Gasteiger partial charge on any atom is 0.256 e. The summed E-state index contributed by atoms with van der Waals surface area (Å²) in [7, 11) is 0. The first-order valence-corrected chi connectivity index (χ1v) is 6.77. The largest absolute Gasteiger partial charge is 0.369 e. The number of halogens is 1. The molecule has 0 atom stereocenters. The van der Waals surface area contributed by atoms with Crippen LogP contribution >= 0.6 is 0 Å². The second-order valence-corrected chi connectivity index (χ2v) is 4.93. The Balaban J connectivity index is 1.86. The first kappa shape index (κ1) is 14.5. The van der Waals surface area contributed by atoms with Crippen molar-refractivity contribution >= 4 is 5.91 Å². The summed E-state index contributed by atoms with van der Waals surface area (Å²) >= 11 is 0. The maximum atomic E-state index is 13.6. The van der Waals surface area contributed by atoms with E-state index in [4.69, 9.17) is 11.2 Å². The Morgan fingerprint density at radius 3 is 2.75 bits per heavy atom. The van der Waals surface area contributed by atoms with Crippen LogP contribution in [-0.2, 0) is 4.74 Å². The zero-order valence-electron chi connectivity index (χ0n) is 11.3. The van der Waals surface area contributed by atoms with Crippen molar-refractivity contribution < 1.29 is 13.9 Å². The molecule has 0 N–H and O–H groups in total. The van der Waals surface area contributed by atoms with Gasteiger partial charge in [0.2, 0.25) is 0 Å². The highest BCUT2D eigenvalue weighted by Gasteiger charge is 2.25. The van der Waals surface area contributed by atoms with Crippen molar-refractivity contribution in [3.63, 3.8) is 0 Å². The number of terminal acetylenes is 1. The predicted octanol–water partition coefficient (Wildman–Crippen LogP) is 2.33. The van der Waals surface area contributed by atoms with Crippen LogP contribution < -0.4 is 0 Å². The number of carbonyl (C=O) groups is 1. The fourth-order valence-electron chi connectivity index (χ4n) is 2.39. The number of nitrogens with zero attached hydrogens (tertiary/aromatic N) is 1. The molecule has 1 fully saturated rings. The van der Waals surface area contributed by atoms with E-state index in [1.54, 1.807) is 17.0 Å². The van der Waals surface area contributed by atoms with Gasteiger partial charge in [-0.2, -0.15) is 0 Å². The molecule has 1 aliphatic heterocycles. The van der Waals surface area contributed by atoms with Crippen molar-refractivity contribution in [2.45, 2.75) is 12.8 Å². The van der Waals surface area contributed by atoms with E-state index in [2.05, 4.69) is 5.92 Å². The van der Waals surface area contributed by atoms with Gasteiger partial charge in [-0.25, -0.2) is 4.39 Å². The SMILES string of the molecule is C#CCOCC1CCN(C(=O)c2ccccc2F)CC1. The number of piperidine rings is 1. The van der Waals surface area contributed by atoms with Crippen LogP contribution in [0.1, 0.15) is 23.2 Å². The molecule has 1 heterocycles. The summed E-state index contributed by atoms with van der Waals surface area (Å²) < 4.78 is 18.9. The van der Waals surface area contributed by atoms with Crippen LogP contribution in [-0.4, -0.2) is 37.1 Å². The lowest BCUT2D eigenvalue weighted by molar-refractivity contribution is 0.0578. The molecule has 0 saturated carbocycles. The fourth-order valence-corrected chi connectivity index (χ4v) is 2.39. The highest BCUT2D eigenvalue weighted by atomic mass is 19.1. The molecule has 0 bridgehead atoms. The maximum absolute atomic E-state index is 13.6. The van der Waals surface area contributed by atoms with Crippen LogP contribution in [0.25, 0.3) is 0 Å². The Kier molecular flexibility index (Phi) is 5.14. The van der Waals surface area contributed by atoms with Crippen molar-refractivity contribution in [1.29, 1.82) is 0 Å². The van der Waals surface area contributed by atoms with Crippen LogP contribution in [0.15, 0.2) is 24.3 Å². The van der Waals surface area contributed by atoms with E-state index in [1.165, 1.54) is 12.1 Å². The molecular formula is C16H18FNO2. The summed E-state index contributed by atoms with van der Waals surface area (Å²) in [5.41, 5.74) is 0.148. The molecule has 2 rings (SSSR count). The fraction of sp³-hybridized carbons (Fsp3) is 0.438. The van der Waals surface area contributed by atoms with Gasteiger partial charge in [0.25, 0.3) is 5.91 Å². The lowest BCUT2D eigenvalue weighted by Crippen LogP contribution is -2.39. The molecule has 1 saturated heterocycles. The van der Waals surface area contributed by atoms with E-state index in [-0.39, 0.29) is 11.5 Å². The van der Waals surface area contributed by atoms with Gasteiger partial charge >= 0.3 is 0 Å². The van der Waals surface area contributed by atoms with Gasteiger partial charge in [0.1, 0.15) is 12.4 Å². The minimum atomic E-state index is -0.461. The normalized spacial score (nSPS) is 15.9. The van der Waals surface area contributed by atoms with E-state index in [9.17, 15) is 9.18 Å². The Morgan fingerprint density at radius 2 is 2.10 bits per heavy atom. The summed E-state index contributed by atoms with van der Waals surface area (Å²) in [5.74, 6) is 2.17. The molecule has 0 radical (unpaired) electrons. The van der Waals surface area contributed by atoms with Crippen LogP contribution in [0.4, 0.5) is 4.39 Å². The third-order valence-electron chi connectivity index (χ3n) is 3.54. The van der Waals surface area contributed by atoms with E-state index in [1.807, 2.05) is 0 Å². The number of carbonyl (C=O) groups excluding carboxylic acids is 1. The molecule has 1 amide bonds.